The minimum atomic E-state index is 0.0113. The van der Waals surface area contributed by atoms with E-state index in [0.29, 0.717) is 5.82 Å². The molecular weight excluding hydrogens is 324 g/mol. The Labute approximate surface area is 151 Å². The van der Waals surface area contributed by atoms with Gasteiger partial charge in [-0.2, -0.15) is 0 Å². The summed E-state index contributed by atoms with van der Waals surface area (Å²) in [5, 5.41) is 0. The number of nitrogen functional groups attached to an aromatic ring is 1. The first-order chi connectivity index (χ1) is 12.6. The third-order valence-electron chi connectivity index (χ3n) is 5.77. The molecule has 5 rings (SSSR count). The van der Waals surface area contributed by atoms with Crippen molar-refractivity contribution >= 4 is 11.7 Å². The Balaban J connectivity index is 1.78. The molecule has 1 amide bonds. The molecule has 0 saturated heterocycles. The molecule has 26 heavy (non-hydrogen) atoms. The second kappa shape index (κ2) is 5.21. The summed E-state index contributed by atoms with van der Waals surface area (Å²) in [6.45, 7) is 0. The van der Waals surface area contributed by atoms with Crippen molar-refractivity contribution in [3.05, 3.63) is 59.9 Å². The number of amides is 1. The number of pyridine rings is 1. The second-order valence-electron chi connectivity index (χ2n) is 7.33. The molecule has 130 valence electrons. The molecule has 1 fully saturated rings. The summed E-state index contributed by atoms with van der Waals surface area (Å²) in [5.41, 5.74) is 11.6. The third-order valence-corrected chi connectivity index (χ3v) is 5.77. The zero-order chi connectivity index (χ0) is 17.9. The first-order valence-electron chi connectivity index (χ1n) is 8.89. The van der Waals surface area contributed by atoms with Crippen molar-refractivity contribution in [3.8, 4) is 22.4 Å². The van der Waals surface area contributed by atoms with E-state index in [2.05, 4.69) is 9.97 Å². The Hall–Kier alpha value is -3.08. The minimum Gasteiger partial charge on any atom is -0.384 e. The number of hydrogen-bond donors (Lipinski definition) is 2. The van der Waals surface area contributed by atoms with Gasteiger partial charge < -0.3 is 15.6 Å². The van der Waals surface area contributed by atoms with Crippen LogP contribution in [0.2, 0.25) is 0 Å². The van der Waals surface area contributed by atoms with Crippen molar-refractivity contribution in [2.24, 2.45) is 0 Å². The highest BCUT2D eigenvalue weighted by Gasteiger charge is 2.53. The van der Waals surface area contributed by atoms with E-state index in [4.69, 9.17) is 5.73 Å². The molecule has 2 aromatic heterocycles. The Morgan fingerprint density at radius 1 is 1.12 bits per heavy atom. The van der Waals surface area contributed by atoms with Crippen molar-refractivity contribution < 1.29 is 4.79 Å². The zero-order valence-corrected chi connectivity index (χ0v) is 14.6. The first-order valence-corrected chi connectivity index (χ1v) is 8.89. The maximum absolute atomic E-state index is 13.2. The zero-order valence-electron chi connectivity index (χ0n) is 14.6. The van der Waals surface area contributed by atoms with Gasteiger partial charge in [0.25, 0.3) is 5.91 Å². The number of nitrogens with one attached hydrogen (secondary N) is 1. The molecular formula is C21H20N4O. The molecule has 3 N–H and O–H groups in total. The molecule has 3 aromatic rings. The number of likely N-dealkylation sites (N-methyl/N-ethyl adjacent to an activating group) is 1. The number of rotatable bonds is 2. The number of anilines is 1. The molecule has 1 aliphatic heterocycles. The molecule has 1 spiro atoms. The first kappa shape index (κ1) is 15.2. The summed E-state index contributed by atoms with van der Waals surface area (Å²) < 4.78 is 0. The van der Waals surface area contributed by atoms with Crippen LogP contribution in [0, 0.1) is 0 Å². The summed E-state index contributed by atoms with van der Waals surface area (Å²) >= 11 is 0. The van der Waals surface area contributed by atoms with Crippen LogP contribution >= 0.6 is 0 Å². The lowest BCUT2D eigenvalue weighted by Crippen LogP contribution is -2.44. The number of aromatic amines is 1. The molecule has 0 bridgehead atoms. The van der Waals surface area contributed by atoms with Crippen molar-refractivity contribution in [3.63, 3.8) is 0 Å². The van der Waals surface area contributed by atoms with Crippen LogP contribution in [0.5, 0.6) is 0 Å². The number of nitrogens with zero attached hydrogens (tertiary/aromatic N) is 2. The number of carbonyl (C=O) groups excluding carboxylic acids is 1. The van der Waals surface area contributed by atoms with Gasteiger partial charge in [0.2, 0.25) is 0 Å². The molecule has 5 heteroatoms. The van der Waals surface area contributed by atoms with E-state index < -0.39 is 0 Å². The van der Waals surface area contributed by atoms with Crippen molar-refractivity contribution in [2.75, 3.05) is 12.8 Å². The molecule has 5 nitrogen and oxygen atoms in total. The number of aromatic nitrogens is 2. The fourth-order valence-electron chi connectivity index (χ4n) is 4.12. The Morgan fingerprint density at radius 2 is 1.88 bits per heavy atom. The summed E-state index contributed by atoms with van der Waals surface area (Å²) in [4.78, 5) is 22.8. The van der Waals surface area contributed by atoms with Gasteiger partial charge in [0.1, 0.15) is 5.82 Å². The summed E-state index contributed by atoms with van der Waals surface area (Å²) in [5.74, 6) is 0.573. The van der Waals surface area contributed by atoms with E-state index in [1.54, 1.807) is 6.20 Å². The van der Waals surface area contributed by atoms with Gasteiger partial charge in [0, 0.05) is 42.0 Å². The molecule has 1 aliphatic carbocycles. The number of nitrogens with two attached hydrogens (primary N) is 1. The smallest absolute Gasteiger partial charge is 0.256 e. The largest absolute Gasteiger partial charge is 0.384 e. The summed E-state index contributed by atoms with van der Waals surface area (Å²) in [6.07, 6.45) is 4.73. The van der Waals surface area contributed by atoms with Crippen LogP contribution in [0.1, 0.15) is 28.9 Å². The second-order valence-corrected chi connectivity index (χ2v) is 7.33. The van der Waals surface area contributed by atoms with Gasteiger partial charge in [0.05, 0.1) is 11.3 Å². The number of fused-ring (bicyclic) bond motifs is 1. The van der Waals surface area contributed by atoms with Gasteiger partial charge >= 0.3 is 0 Å². The fraction of sp³-hybridized carbons (Fsp3) is 0.238. The van der Waals surface area contributed by atoms with Crippen LogP contribution in [-0.4, -0.2) is 33.4 Å². The van der Waals surface area contributed by atoms with E-state index >= 15 is 0 Å². The average molecular weight is 344 g/mol. The SMILES string of the molecule is CN1C(=O)c2c([nH]c(-c3ccnc(N)c3)c2-c2ccccc2)CC12CC2. The van der Waals surface area contributed by atoms with Crippen LogP contribution in [0.3, 0.4) is 0 Å². The monoisotopic (exact) mass is 344 g/mol. The van der Waals surface area contributed by atoms with Crippen LogP contribution < -0.4 is 5.73 Å². The highest BCUT2D eigenvalue weighted by Crippen LogP contribution is 2.50. The van der Waals surface area contributed by atoms with Gasteiger partial charge in [-0.3, -0.25) is 4.79 Å². The Morgan fingerprint density at radius 3 is 2.58 bits per heavy atom. The number of H-pyrrole nitrogens is 1. The number of benzene rings is 1. The van der Waals surface area contributed by atoms with Crippen LogP contribution in [-0.2, 0) is 6.42 Å². The Bertz CT molecular complexity index is 1020. The van der Waals surface area contributed by atoms with E-state index in [9.17, 15) is 4.79 Å². The van der Waals surface area contributed by atoms with Gasteiger partial charge in [-0.1, -0.05) is 30.3 Å². The van der Waals surface area contributed by atoms with Gasteiger partial charge in [0.15, 0.2) is 0 Å². The molecule has 3 heterocycles. The lowest BCUT2D eigenvalue weighted by atomic mass is 9.91. The van der Waals surface area contributed by atoms with Crippen LogP contribution in [0.15, 0.2) is 48.7 Å². The minimum absolute atomic E-state index is 0.0113. The third kappa shape index (κ3) is 2.10. The summed E-state index contributed by atoms with van der Waals surface area (Å²) in [6, 6.07) is 13.9. The molecule has 2 aliphatic rings. The fourth-order valence-corrected chi connectivity index (χ4v) is 4.12. The van der Waals surface area contributed by atoms with E-state index in [0.717, 1.165) is 52.9 Å². The number of hydrogen-bond acceptors (Lipinski definition) is 3. The molecule has 0 radical (unpaired) electrons. The standard InChI is InChI=1S/C21H20N4O/c1-25-20(26)18-15(12-21(25)8-9-21)24-19(14-7-10-23-16(22)11-14)17(18)13-5-3-2-4-6-13/h2-7,10-11,24H,8-9,12H2,1H3,(H2,22,23). The van der Waals surface area contributed by atoms with Gasteiger partial charge in [-0.25, -0.2) is 4.98 Å². The maximum atomic E-state index is 13.2. The van der Waals surface area contributed by atoms with Gasteiger partial charge in [-0.15, -0.1) is 0 Å². The van der Waals surface area contributed by atoms with Crippen molar-refractivity contribution in [1.29, 1.82) is 0 Å². The molecule has 1 saturated carbocycles. The average Bonchev–Trinajstić information content (AvgIpc) is 3.32. The molecule has 0 atom stereocenters. The Kier molecular flexibility index (Phi) is 3.04. The highest BCUT2D eigenvalue weighted by molar-refractivity contribution is 6.07. The highest BCUT2D eigenvalue weighted by atomic mass is 16.2. The van der Waals surface area contributed by atoms with E-state index in [-0.39, 0.29) is 11.4 Å². The lowest BCUT2D eigenvalue weighted by molar-refractivity contribution is 0.0681. The quantitative estimate of drug-likeness (QED) is 0.747. The maximum Gasteiger partial charge on any atom is 0.256 e. The van der Waals surface area contributed by atoms with Gasteiger partial charge in [-0.05, 0) is 30.5 Å². The lowest BCUT2D eigenvalue weighted by Gasteiger charge is -2.33. The van der Waals surface area contributed by atoms with E-state index in [1.807, 2.05) is 54.4 Å². The van der Waals surface area contributed by atoms with E-state index in [1.165, 1.54) is 0 Å². The normalized spacial score (nSPS) is 17.4. The molecule has 1 aromatic carbocycles. The predicted octanol–water partition coefficient (Wildman–Crippen LogP) is 3.49. The molecule has 0 unspecified atom stereocenters. The summed E-state index contributed by atoms with van der Waals surface area (Å²) in [7, 11) is 1.93. The predicted molar refractivity (Wildman–Crippen MR) is 102 cm³/mol. The van der Waals surface area contributed by atoms with Crippen LogP contribution in [0.25, 0.3) is 22.4 Å². The van der Waals surface area contributed by atoms with Crippen molar-refractivity contribution in [1.82, 2.24) is 14.9 Å². The van der Waals surface area contributed by atoms with Crippen molar-refractivity contribution in [2.45, 2.75) is 24.8 Å². The number of carbonyl (C=O) groups is 1. The van der Waals surface area contributed by atoms with Crippen LogP contribution in [0.4, 0.5) is 5.82 Å². The topological polar surface area (TPSA) is 75.0 Å².